The molecule has 204 valence electrons. The number of hydrogen-bond acceptors (Lipinski definition) is 8. The molecule has 2 amide bonds. The zero-order chi connectivity index (χ0) is 28.0. The normalized spacial score (nSPS) is 14.7. The van der Waals surface area contributed by atoms with Gasteiger partial charge < -0.3 is 25.3 Å². The summed E-state index contributed by atoms with van der Waals surface area (Å²) in [5, 5.41) is 26.7. The Labute approximate surface area is 216 Å². The third kappa shape index (κ3) is 8.06. The molecular formula is C24H26F2N4O7S. The molecule has 2 aromatic carbocycles. The third-order valence-electron chi connectivity index (χ3n) is 5.37. The largest absolute Gasteiger partial charge is 0.431 e. The van der Waals surface area contributed by atoms with Crippen LogP contribution in [0.1, 0.15) is 33.3 Å². The van der Waals surface area contributed by atoms with E-state index in [1.54, 1.807) is 30.3 Å². The van der Waals surface area contributed by atoms with Gasteiger partial charge in [-0.1, -0.05) is 18.2 Å². The van der Waals surface area contributed by atoms with E-state index < -0.39 is 63.8 Å². The molecular weight excluding hydrogens is 526 g/mol. The van der Waals surface area contributed by atoms with Crippen LogP contribution in [0.3, 0.4) is 0 Å². The number of anilines is 1. The Balaban J connectivity index is 1.80. The first-order chi connectivity index (χ1) is 17.8. The van der Waals surface area contributed by atoms with E-state index in [0.29, 0.717) is 11.6 Å². The maximum atomic E-state index is 13.8. The van der Waals surface area contributed by atoms with Crippen LogP contribution in [0, 0.1) is 11.6 Å². The van der Waals surface area contributed by atoms with Gasteiger partial charge in [0.25, 0.3) is 11.8 Å². The molecule has 1 heterocycles. The number of oxazole rings is 1. The second kappa shape index (κ2) is 12.1. The molecule has 0 aliphatic rings. The number of nitrogens with one attached hydrogen (secondary N) is 3. The Kier molecular flexibility index (Phi) is 9.14. The summed E-state index contributed by atoms with van der Waals surface area (Å²) in [5.41, 5.74) is -0.0102. The summed E-state index contributed by atoms with van der Waals surface area (Å²) in [4.78, 5) is 29.0. The number of carbonyl (C=O) groups excluding carboxylic acids is 2. The van der Waals surface area contributed by atoms with Crippen LogP contribution in [0.15, 0.2) is 59.2 Å². The van der Waals surface area contributed by atoms with Crippen LogP contribution in [-0.2, 0) is 16.4 Å². The molecule has 0 aliphatic carbocycles. The lowest BCUT2D eigenvalue weighted by Crippen LogP contribution is -2.55. The molecule has 0 saturated carbocycles. The Morgan fingerprint density at radius 2 is 1.63 bits per heavy atom. The number of rotatable bonds is 11. The first-order valence-electron chi connectivity index (χ1n) is 11.2. The molecule has 3 aromatic rings. The molecule has 0 radical (unpaired) electrons. The van der Waals surface area contributed by atoms with Crippen LogP contribution in [0.5, 0.6) is 0 Å². The Hall–Kier alpha value is -3.88. The van der Waals surface area contributed by atoms with Gasteiger partial charge in [0, 0.05) is 11.6 Å². The fraction of sp³-hybridized carbons (Fsp3) is 0.292. The monoisotopic (exact) mass is 552 g/mol. The molecule has 3 rings (SSSR count). The van der Waals surface area contributed by atoms with Crippen LogP contribution < -0.4 is 15.4 Å². The number of sulfonamides is 1. The maximum Gasteiger partial charge on any atom is 0.309 e. The number of hydrogen-bond donors (Lipinski definition) is 5. The van der Waals surface area contributed by atoms with Gasteiger partial charge in [-0.2, -0.15) is 4.98 Å². The number of carbonyl (C=O) groups is 2. The van der Waals surface area contributed by atoms with Crippen molar-refractivity contribution in [1.29, 1.82) is 0 Å². The molecule has 0 unspecified atom stereocenters. The lowest BCUT2D eigenvalue weighted by Gasteiger charge is -2.31. The topological polar surface area (TPSA) is 171 Å². The van der Waals surface area contributed by atoms with Crippen molar-refractivity contribution in [2.45, 2.75) is 37.6 Å². The molecule has 0 aliphatic heterocycles. The highest BCUT2D eigenvalue weighted by Gasteiger charge is 2.33. The van der Waals surface area contributed by atoms with Crippen molar-refractivity contribution in [1.82, 2.24) is 15.6 Å². The molecule has 38 heavy (non-hydrogen) atoms. The van der Waals surface area contributed by atoms with Crippen molar-refractivity contribution >= 4 is 27.9 Å². The molecule has 0 spiro atoms. The highest BCUT2D eigenvalue weighted by molar-refractivity contribution is 7.91. The van der Waals surface area contributed by atoms with E-state index in [2.05, 4.69) is 15.6 Å². The molecule has 0 saturated heterocycles. The summed E-state index contributed by atoms with van der Waals surface area (Å²) in [6, 6.07) is 7.92. The molecule has 5 N–H and O–H groups in total. The number of nitrogens with zero attached hydrogens (tertiary/aromatic N) is 1. The summed E-state index contributed by atoms with van der Waals surface area (Å²) >= 11 is 0. The van der Waals surface area contributed by atoms with E-state index in [-0.39, 0.29) is 17.7 Å². The molecule has 1 aromatic heterocycles. The van der Waals surface area contributed by atoms with E-state index in [9.17, 15) is 37.0 Å². The number of benzene rings is 2. The van der Waals surface area contributed by atoms with Crippen LogP contribution >= 0.6 is 0 Å². The molecule has 0 fully saturated rings. The van der Waals surface area contributed by atoms with Crippen LogP contribution in [-0.4, -0.2) is 66.0 Å². The Morgan fingerprint density at radius 1 is 1.00 bits per heavy atom. The quantitative estimate of drug-likeness (QED) is 0.236. The predicted molar refractivity (Wildman–Crippen MR) is 132 cm³/mol. The first-order valence-corrected chi connectivity index (χ1v) is 13.1. The second-order valence-corrected chi connectivity index (χ2v) is 10.3. The van der Waals surface area contributed by atoms with Crippen LogP contribution in [0.25, 0.3) is 0 Å². The van der Waals surface area contributed by atoms with Gasteiger partial charge in [-0.25, -0.2) is 21.9 Å². The summed E-state index contributed by atoms with van der Waals surface area (Å²) in [7, 11) is -3.74. The van der Waals surface area contributed by atoms with E-state index in [1.165, 1.54) is 6.92 Å². The Morgan fingerprint density at radius 3 is 2.24 bits per heavy atom. The number of amides is 2. The number of aromatic nitrogens is 1. The zero-order valence-corrected chi connectivity index (χ0v) is 21.1. The molecule has 4 atom stereocenters. The fourth-order valence-corrected chi connectivity index (χ4v) is 3.98. The van der Waals surface area contributed by atoms with Gasteiger partial charge in [0.05, 0.1) is 18.3 Å². The number of halogens is 2. The fourth-order valence-electron chi connectivity index (χ4n) is 3.56. The van der Waals surface area contributed by atoms with E-state index in [1.807, 2.05) is 4.72 Å². The second-order valence-electron chi connectivity index (χ2n) is 8.58. The number of aliphatic hydroxyl groups excluding tert-OH is 2. The van der Waals surface area contributed by atoms with E-state index >= 15 is 0 Å². The van der Waals surface area contributed by atoms with Crippen molar-refractivity contribution in [3.8, 4) is 0 Å². The standard InChI is InChI=1S/C24H26F2N4O7S/c1-13(27-22(33)15-6-4-3-5-7-15)20(31)21(32)18(10-14-8-16(25)11-17(26)9-14)28-23(34)19-12-37-24(29-19)30-38(2,35)36/h3-9,11-13,18,20-21,31-32H,10H2,1-2H3,(H,27,33)(H,28,34)(H,29,30)/t13-,18+,20-,21-/m1/s1. The molecule has 0 bridgehead atoms. The summed E-state index contributed by atoms with van der Waals surface area (Å²) < 4.78 is 57.1. The highest BCUT2D eigenvalue weighted by atomic mass is 32.2. The van der Waals surface area contributed by atoms with Gasteiger partial charge in [0.15, 0.2) is 5.69 Å². The summed E-state index contributed by atoms with van der Waals surface area (Å²) in [6.07, 6.45) is -2.00. The Bertz CT molecular complexity index is 1370. The van der Waals surface area contributed by atoms with Crippen molar-refractivity contribution in [3.05, 3.63) is 83.2 Å². The van der Waals surface area contributed by atoms with Crippen molar-refractivity contribution in [3.63, 3.8) is 0 Å². The van der Waals surface area contributed by atoms with Gasteiger partial charge in [-0.15, -0.1) is 0 Å². The minimum Gasteiger partial charge on any atom is -0.431 e. The lowest BCUT2D eigenvalue weighted by molar-refractivity contribution is -0.0188. The van der Waals surface area contributed by atoms with Gasteiger partial charge in [-0.05, 0) is 43.2 Å². The summed E-state index contributed by atoms with van der Waals surface area (Å²) in [6.45, 7) is 1.43. The minimum absolute atomic E-state index is 0.0552. The van der Waals surface area contributed by atoms with Crippen molar-refractivity contribution < 1.29 is 41.4 Å². The predicted octanol–water partition coefficient (Wildman–Crippen LogP) is 1.21. The van der Waals surface area contributed by atoms with Crippen molar-refractivity contribution in [2.24, 2.45) is 0 Å². The molecule has 14 heteroatoms. The van der Waals surface area contributed by atoms with Gasteiger partial charge in [0.1, 0.15) is 30.1 Å². The average Bonchev–Trinajstić information content (AvgIpc) is 3.29. The van der Waals surface area contributed by atoms with Crippen LogP contribution in [0.2, 0.25) is 0 Å². The lowest BCUT2D eigenvalue weighted by atomic mass is 9.94. The smallest absolute Gasteiger partial charge is 0.309 e. The van der Waals surface area contributed by atoms with Crippen molar-refractivity contribution in [2.75, 3.05) is 11.0 Å². The number of aliphatic hydroxyl groups is 2. The van der Waals surface area contributed by atoms with Gasteiger partial charge in [0.2, 0.25) is 10.0 Å². The molecule has 11 nitrogen and oxygen atoms in total. The first kappa shape index (κ1) is 28.7. The highest BCUT2D eigenvalue weighted by Crippen LogP contribution is 2.16. The summed E-state index contributed by atoms with van der Waals surface area (Å²) in [5.74, 6) is -3.25. The van der Waals surface area contributed by atoms with Gasteiger partial charge >= 0.3 is 6.01 Å². The zero-order valence-electron chi connectivity index (χ0n) is 20.3. The van der Waals surface area contributed by atoms with Crippen LogP contribution in [0.4, 0.5) is 14.8 Å². The average molecular weight is 553 g/mol. The minimum atomic E-state index is -3.74. The van der Waals surface area contributed by atoms with Gasteiger partial charge in [-0.3, -0.25) is 9.59 Å². The SMILES string of the molecule is C[C@@H](NC(=O)c1ccccc1)[C@@H](O)[C@H](O)[C@H](Cc1cc(F)cc(F)c1)NC(=O)c1coc(NS(C)(=O)=O)n1. The van der Waals surface area contributed by atoms with E-state index in [0.717, 1.165) is 24.7 Å². The maximum absolute atomic E-state index is 13.8. The van der Waals surface area contributed by atoms with E-state index in [4.69, 9.17) is 4.42 Å². The third-order valence-corrected chi connectivity index (χ3v) is 5.92.